The maximum absolute atomic E-state index is 12.3. The summed E-state index contributed by atoms with van der Waals surface area (Å²) in [6.07, 6.45) is 3.27. The van der Waals surface area contributed by atoms with E-state index in [1.54, 1.807) is 24.3 Å². The Bertz CT molecular complexity index is 895. The van der Waals surface area contributed by atoms with Crippen LogP contribution in [-0.2, 0) is 27.9 Å². The number of rotatable bonds is 9. The van der Waals surface area contributed by atoms with E-state index in [0.29, 0.717) is 29.3 Å². The van der Waals surface area contributed by atoms with Crippen molar-refractivity contribution in [2.75, 3.05) is 16.3 Å². The number of hydrogen-bond acceptors (Lipinski definition) is 6. The zero-order valence-electron chi connectivity index (χ0n) is 15.3. The Labute approximate surface area is 163 Å². The maximum atomic E-state index is 12.3. The van der Waals surface area contributed by atoms with Gasteiger partial charge in [0.2, 0.25) is 15.9 Å². The lowest BCUT2D eigenvalue weighted by atomic mass is 10.3. The van der Waals surface area contributed by atoms with Crippen LogP contribution >= 0.6 is 11.8 Å². The number of nitrogens with zero attached hydrogens (tertiary/aromatic N) is 4. The maximum Gasteiger partial charge on any atom is 0.232 e. The highest BCUT2D eigenvalue weighted by Crippen LogP contribution is 2.23. The number of thioether (sulfide) groups is 1. The summed E-state index contributed by atoms with van der Waals surface area (Å²) in [6.45, 7) is 2.61. The zero-order chi connectivity index (χ0) is 19.4. The first kappa shape index (κ1) is 19.7. The van der Waals surface area contributed by atoms with Gasteiger partial charge in [-0.25, -0.2) is 8.42 Å². The third kappa shape index (κ3) is 5.23. The van der Waals surface area contributed by atoms with Gasteiger partial charge in [-0.1, -0.05) is 30.0 Å². The third-order valence-corrected chi connectivity index (χ3v) is 6.22. The van der Waals surface area contributed by atoms with Gasteiger partial charge >= 0.3 is 0 Å². The van der Waals surface area contributed by atoms with Gasteiger partial charge in [0.25, 0.3) is 0 Å². The molecule has 1 amide bonds. The molecule has 1 aromatic heterocycles. The summed E-state index contributed by atoms with van der Waals surface area (Å²) in [5.74, 6) is 0.789. The molecule has 0 aliphatic heterocycles. The molecular formula is C17H23N5O3S2. The van der Waals surface area contributed by atoms with Gasteiger partial charge in [0.15, 0.2) is 11.0 Å². The fourth-order valence-corrected chi connectivity index (χ4v) is 4.30. The van der Waals surface area contributed by atoms with E-state index in [-0.39, 0.29) is 18.2 Å². The molecule has 10 heteroatoms. The molecule has 1 N–H and O–H groups in total. The van der Waals surface area contributed by atoms with Crippen LogP contribution < -0.4 is 9.62 Å². The minimum absolute atomic E-state index is 0.0169. The van der Waals surface area contributed by atoms with Crippen molar-refractivity contribution in [2.24, 2.45) is 0 Å². The summed E-state index contributed by atoms with van der Waals surface area (Å²) in [7, 11) is -3.48. The van der Waals surface area contributed by atoms with Gasteiger partial charge in [-0.3, -0.25) is 9.10 Å². The van der Waals surface area contributed by atoms with Crippen LogP contribution in [0.3, 0.4) is 0 Å². The minimum atomic E-state index is -3.48. The van der Waals surface area contributed by atoms with Crippen LogP contribution in [0.15, 0.2) is 35.5 Å². The third-order valence-electron chi connectivity index (χ3n) is 4.11. The molecule has 1 aliphatic carbocycles. The molecule has 1 saturated carbocycles. The van der Waals surface area contributed by atoms with Crippen LogP contribution in [0.25, 0.3) is 0 Å². The van der Waals surface area contributed by atoms with Crippen LogP contribution in [0.1, 0.15) is 25.6 Å². The fourth-order valence-electron chi connectivity index (χ4n) is 2.61. The number of carbonyl (C=O) groups excluding carboxylic acids is 1. The number of hydrogen-bond donors (Lipinski definition) is 1. The predicted octanol–water partition coefficient (Wildman–Crippen LogP) is 1.63. The number of carbonyl (C=O) groups is 1. The van der Waals surface area contributed by atoms with Crippen LogP contribution in [-0.4, -0.2) is 47.1 Å². The largest absolute Gasteiger partial charge is 0.353 e. The molecule has 146 valence electrons. The second-order valence-corrected chi connectivity index (χ2v) is 9.23. The average molecular weight is 410 g/mol. The van der Waals surface area contributed by atoms with Crippen molar-refractivity contribution in [3.05, 3.63) is 36.2 Å². The molecule has 0 atom stereocenters. The number of anilines is 1. The first-order valence-electron chi connectivity index (χ1n) is 8.75. The summed E-state index contributed by atoms with van der Waals surface area (Å²) in [5.41, 5.74) is 0.573. The Balaban J connectivity index is 1.75. The smallest absolute Gasteiger partial charge is 0.232 e. The van der Waals surface area contributed by atoms with Gasteiger partial charge in [0, 0.05) is 12.6 Å². The van der Waals surface area contributed by atoms with Crippen LogP contribution in [0.2, 0.25) is 0 Å². The number of benzene rings is 1. The molecule has 1 fully saturated rings. The lowest BCUT2D eigenvalue weighted by Crippen LogP contribution is -2.30. The highest BCUT2D eigenvalue weighted by molar-refractivity contribution is 7.99. The fraction of sp³-hybridized carbons (Fsp3) is 0.471. The van der Waals surface area contributed by atoms with Gasteiger partial charge in [-0.15, -0.1) is 10.2 Å². The van der Waals surface area contributed by atoms with E-state index in [0.717, 1.165) is 12.8 Å². The molecule has 1 aromatic carbocycles. The van der Waals surface area contributed by atoms with E-state index in [4.69, 9.17) is 0 Å². The predicted molar refractivity (Wildman–Crippen MR) is 105 cm³/mol. The Morgan fingerprint density at radius 1 is 1.30 bits per heavy atom. The minimum Gasteiger partial charge on any atom is -0.353 e. The van der Waals surface area contributed by atoms with Crippen molar-refractivity contribution in [3.63, 3.8) is 0 Å². The standard InChI is InChI=1S/C17H23N5O3S2/c1-3-21-15(11-22(27(2,24)25)14-7-5-4-6-8-14)19-20-17(21)26-12-16(23)18-13-9-10-13/h4-8,13H,3,9-12H2,1-2H3,(H,18,23). The SMILES string of the molecule is CCn1c(CN(c2ccccc2)S(C)(=O)=O)nnc1SCC(=O)NC1CC1. The lowest BCUT2D eigenvalue weighted by molar-refractivity contribution is -0.118. The van der Waals surface area contributed by atoms with Gasteiger partial charge in [-0.05, 0) is 31.9 Å². The molecule has 0 bridgehead atoms. The highest BCUT2D eigenvalue weighted by Gasteiger charge is 2.24. The zero-order valence-corrected chi connectivity index (χ0v) is 17.0. The lowest BCUT2D eigenvalue weighted by Gasteiger charge is -2.22. The van der Waals surface area contributed by atoms with Crippen molar-refractivity contribution in [1.29, 1.82) is 0 Å². The molecule has 1 aliphatic rings. The number of nitrogens with one attached hydrogen (secondary N) is 1. The summed E-state index contributed by atoms with van der Waals surface area (Å²) in [5, 5.41) is 11.9. The van der Waals surface area contributed by atoms with E-state index in [9.17, 15) is 13.2 Å². The van der Waals surface area contributed by atoms with Gasteiger partial charge in [0.05, 0.1) is 24.2 Å². The first-order chi connectivity index (χ1) is 12.9. The van der Waals surface area contributed by atoms with Crippen LogP contribution in [0.4, 0.5) is 5.69 Å². The number of sulfonamides is 1. The molecule has 1 heterocycles. The van der Waals surface area contributed by atoms with Crippen molar-refractivity contribution < 1.29 is 13.2 Å². The molecule has 2 aromatic rings. The number of amides is 1. The Hall–Kier alpha value is -2.07. The normalized spacial score (nSPS) is 14.1. The van der Waals surface area contributed by atoms with Gasteiger partial charge < -0.3 is 9.88 Å². The quantitative estimate of drug-likeness (QED) is 0.633. The molecular weight excluding hydrogens is 386 g/mol. The van der Waals surface area contributed by atoms with E-state index in [1.807, 2.05) is 17.6 Å². The Kier molecular flexibility index (Phi) is 6.05. The van der Waals surface area contributed by atoms with Crippen molar-refractivity contribution in [1.82, 2.24) is 20.1 Å². The number of para-hydroxylation sites is 1. The molecule has 0 unspecified atom stereocenters. The van der Waals surface area contributed by atoms with Gasteiger partial charge in [-0.2, -0.15) is 0 Å². The summed E-state index contributed by atoms with van der Waals surface area (Å²) in [6, 6.07) is 9.22. The topological polar surface area (TPSA) is 97.2 Å². The average Bonchev–Trinajstić information content (AvgIpc) is 3.35. The van der Waals surface area contributed by atoms with Crippen LogP contribution in [0, 0.1) is 0 Å². The number of aromatic nitrogens is 3. The van der Waals surface area contributed by atoms with Crippen molar-refractivity contribution >= 4 is 33.4 Å². The second-order valence-electron chi connectivity index (χ2n) is 6.38. The molecule has 0 saturated heterocycles. The summed E-state index contributed by atoms with van der Waals surface area (Å²) in [4.78, 5) is 11.9. The van der Waals surface area contributed by atoms with Crippen molar-refractivity contribution in [3.8, 4) is 0 Å². The monoisotopic (exact) mass is 409 g/mol. The molecule has 0 spiro atoms. The molecule has 27 heavy (non-hydrogen) atoms. The highest BCUT2D eigenvalue weighted by atomic mass is 32.2. The molecule has 0 radical (unpaired) electrons. The summed E-state index contributed by atoms with van der Waals surface area (Å²) < 4.78 is 27.7. The van der Waals surface area contributed by atoms with E-state index >= 15 is 0 Å². The second kappa shape index (κ2) is 8.30. The first-order valence-corrected chi connectivity index (χ1v) is 11.6. The van der Waals surface area contributed by atoms with E-state index in [2.05, 4.69) is 15.5 Å². The van der Waals surface area contributed by atoms with E-state index < -0.39 is 10.0 Å². The molecule has 3 rings (SSSR count). The van der Waals surface area contributed by atoms with Gasteiger partial charge in [0.1, 0.15) is 0 Å². The van der Waals surface area contributed by atoms with Crippen LogP contribution in [0.5, 0.6) is 0 Å². The van der Waals surface area contributed by atoms with Crippen molar-refractivity contribution in [2.45, 2.75) is 44.1 Å². The Morgan fingerprint density at radius 2 is 2.00 bits per heavy atom. The van der Waals surface area contributed by atoms with E-state index in [1.165, 1.54) is 22.3 Å². The molecule has 8 nitrogen and oxygen atoms in total. The summed E-state index contributed by atoms with van der Waals surface area (Å²) >= 11 is 1.31. The Morgan fingerprint density at radius 3 is 2.59 bits per heavy atom.